The SMILES string of the molecule is Cc1ccc(OCC(=O)Nc2ccc([N+](=O)[O-])cc2O)cc1C. The fourth-order valence-corrected chi connectivity index (χ4v) is 1.88. The average Bonchev–Trinajstić information content (AvgIpc) is 2.50. The number of anilines is 1. The van der Waals surface area contributed by atoms with Gasteiger partial charge in [-0.15, -0.1) is 0 Å². The molecule has 23 heavy (non-hydrogen) atoms. The molecule has 0 unspecified atom stereocenters. The van der Waals surface area contributed by atoms with E-state index in [0.29, 0.717) is 5.75 Å². The summed E-state index contributed by atoms with van der Waals surface area (Å²) in [5, 5.41) is 22.7. The molecule has 120 valence electrons. The number of benzene rings is 2. The lowest BCUT2D eigenvalue weighted by atomic mass is 10.1. The van der Waals surface area contributed by atoms with Gasteiger partial charge in [-0.3, -0.25) is 14.9 Å². The minimum atomic E-state index is -0.631. The maximum absolute atomic E-state index is 11.8. The number of rotatable bonds is 5. The molecule has 0 atom stereocenters. The Bertz CT molecular complexity index is 758. The van der Waals surface area contributed by atoms with Gasteiger partial charge in [-0.25, -0.2) is 0 Å². The second kappa shape index (κ2) is 6.78. The summed E-state index contributed by atoms with van der Waals surface area (Å²) < 4.78 is 5.38. The molecule has 2 N–H and O–H groups in total. The molecule has 0 aliphatic heterocycles. The normalized spacial score (nSPS) is 10.2. The highest BCUT2D eigenvalue weighted by molar-refractivity contribution is 5.93. The molecule has 2 aromatic carbocycles. The summed E-state index contributed by atoms with van der Waals surface area (Å²) >= 11 is 0. The van der Waals surface area contributed by atoms with Crippen molar-refractivity contribution in [1.82, 2.24) is 0 Å². The number of carbonyl (C=O) groups excluding carboxylic acids is 1. The van der Waals surface area contributed by atoms with Gasteiger partial charge in [-0.05, 0) is 43.2 Å². The van der Waals surface area contributed by atoms with Gasteiger partial charge in [0.15, 0.2) is 6.61 Å². The van der Waals surface area contributed by atoms with Gasteiger partial charge in [0.05, 0.1) is 16.7 Å². The topological polar surface area (TPSA) is 102 Å². The Hall–Kier alpha value is -3.09. The fraction of sp³-hybridized carbons (Fsp3) is 0.188. The molecule has 0 bridgehead atoms. The first-order valence-corrected chi connectivity index (χ1v) is 6.84. The number of hydrogen-bond acceptors (Lipinski definition) is 5. The van der Waals surface area contributed by atoms with Crippen molar-refractivity contribution in [2.24, 2.45) is 0 Å². The monoisotopic (exact) mass is 316 g/mol. The predicted molar refractivity (Wildman–Crippen MR) is 84.8 cm³/mol. The first-order valence-electron chi connectivity index (χ1n) is 6.84. The molecule has 0 saturated carbocycles. The number of nitrogens with zero attached hydrogens (tertiary/aromatic N) is 1. The second-order valence-electron chi connectivity index (χ2n) is 5.04. The van der Waals surface area contributed by atoms with Crippen LogP contribution in [0, 0.1) is 24.0 Å². The quantitative estimate of drug-likeness (QED) is 0.501. The Morgan fingerprint density at radius 3 is 2.57 bits per heavy atom. The predicted octanol–water partition coefficient (Wildman–Crippen LogP) is 2.93. The van der Waals surface area contributed by atoms with Crippen molar-refractivity contribution in [3.05, 3.63) is 57.6 Å². The molecule has 7 heteroatoms. The number of nitrogens with one attached hydrogen (secondary N) is 1. The Morgan fingerprint density at radius 2 is 1.96 bits per heavy atom. The van der Waals surface area contributed by atoms with Crippen LogP contribution in [0.3, 0.4) is 0 Å². The third kappa shape index (κ3) is 4.19. The number of aryl methyl sites for hydroxylation is 2. The molecule has 0 aliphatic rings. The van der Waals surface area contributed by atoms with E-state index in [0.717, 1.165) is 17.2 Å². The van der Waals surface area contributed by atoms with E-state index >= 15 is 0 Å². The lowest BCUT2D eigenvalue weighted by Gasteiger charge is -2.10. The second-order valence-corrected chi connectivity index (χ2v) is 5.04. The van der Waals surface area contributed by atoms with E-state index < -0.39 is 10.8 Å². The van der Waals surface area contributed by atoms with E-state index in [1.54, 1.807) is 6.07 Å². The summed E-state index contributed by atoms with van der Waals surface area (Å²) in [6.45, 7) is 3.68. The van der Waals surface area contributed by atoms with Gasteiger partial charge in [-0.2, -0.15) is 0 Å². The van der Waals surface area contributed by atoms with Crippen molar-refractivity contribution in [1.29, 1.82) is 0 Å². The number of carbonyl (C=O) groups is 1. The van der Waals surface area contributed by atoms with E-state index in [9.17, 15) is 20.0 Å². The van der Waals surface area contributed by atoms with Crippen molar-refractivity contribution < 1.29 is 19.6 Å². The van der Waals surface area contributed by atoms with Gasteiger partial charge in [0.2, 0.25) is 0 Å². The molecule has 2 aromatic rings. The van der Waals surface area contributed by atoms with Crippen molar-refractivity contribution in [2.75, 3.05) is 11.9 Å². The van der Waals surface area contributed by atoms with Gasteiger partial charge in [0, 0.05) is 6.07 Å². The number of hydrogen-bond donors (Lipinski definition) is 2. The van der Waals surface area contributed by atoms with Gasteiger partial charge < -0.3 is 15.2 Å². The van der Waals surface area contributed by atoms with Crippen molar-refractivity contribution in [3.8, 4) is 11.5 Å². The first-order chi connectivity index (χ1) is 10.9. The van der Waals surface area contributed by atoms with Crippen LogP contribution in [0.2, 0.25) is 0 Å². The molecular formula is C16H16N2O5. The standard InChI is InChI=1S/C16H16N2O5/c1-10-3-5-13(7-11(10)2)23-9-16(20)17-14-6-4-12(18(21)22)8-15(14)19/h3-8,19H,9H2,1-2H3,(H,17,20). The van der Waals surface area contributed by atoms with Gasteiger partial charge in [-0.1, -0.05) is 6.07 Å². The maximum Gasteiger partial charge on any atom is 0.273 e. The van der Waals surface area contributed by atoms with E-state index in [-0.39, 0.29) is 23.7 Å². The molecular weight excluding hydrogens is 300 g/mol. The third-order valence-corrected chi connectivity index (χ3v) is 3.31. The zero-order valence-corrected chi connectivity index (χ0v) is 12.7. The largest absolute Gasteiger partial charge is 0.506 e. The van der Waals surface area contributed by atoms with Crippen LogP contribution in [0.1, 0.15) is 11.1 Å². The van der Waals surface area contributed by atoms with Gasteiger partial charge in [0.1, 0.15) is 11.5 Å². The van der Waals surface area contributed by atoms with Gasteiger partial charge in [0.25, 0.3) is 11.6 Å². The molecule has 2 rings (SSSR count). The molecule has 0 heterocycles. The summed E-state index contributed by atoms with van der Waals surface area (Å²) in [5.74, 6) is -0.290. The number of phenols is 1. The minimum Gasteiger partial charge on any atom is -0.506 e. The number of nitro benzene ring substituents is 1. The first kappa shape index (κ1) is 16.3. The van der Waals surface area contributed by atoms with Crippen molar-refractivity contribution >= 4 is 17.3 Å². The Morgan fingerprint density at radius 1 is 1.22 bits per heavy atom. The molecule has 0 aromatic heterocycles. The summed E-state index contributed by atoms with van der Waals surface area (Å²) in [6.07, 6.45) is 0. The van der Waals surface area contributed by atoms with Crippen molar-refractivity contribution in [3.63, 3.8) is 0 Å². The zero-order chi connectivity index (χ0) is 17.0. The van der Waals surface area contributed by atoms with E-state index in [1.165, 1.54) is 12.1 Å². The molecule has 0 radical (unpaired) electrons. The lowest BCUT2D eigenvalue weighted by molar-refractivity contribution is -0.384. The summed E-state index contributed by atoms with van der Waals surface area (Å²) in [5.41, 5.74) is 2.00. The number of phenolic OH excluding ortho intramolecular Hbond substituents is 1. The number of non-ortho nitro benzene ring substituents is 1. The van der Waals surface area contributed by atoms with Crippen LogP contribution < -0.4 is 10.1 Å². The zero-order valence-electron chi connectivity index (χ0n) is 12.7. The third-order valence-electron chi connectivity index (χ3n) is 3.31. The molecule has 0 fully saturated rings. The number of nitro groups is 1. The Kier molecular flexibility index (Phi) is 4.80. The van der Waals surface area contributed by atoms with Crippen LogP contribution in [-0.2, 0) is 4.79 Å². The molecule has 0 spiro atoms. The van der Waals surface area contributed by atoms with Crippen molar-refractivity contribution in [2.45, 2.75) is 13.8 Å². The van der Waals surface area contributed by atoms with Crippen LogP contribution >= 0.6 is 0 Å². The summed E-state index contributed by atoms with van der Waals surface area (Å²) in [6, 6.07) is 8.91. The number of ether oxygens (including phenoxy) is 1. The highest BCUT2D eigenvalue weighted by Gasteiger charge is 2.12. The smallest absolute Gasteiger partial charge is 0.273 e. The van der Waals surface area contributed by atoms with Crippen LogP contribution in [0.15, 0.2) is 36.4 Å². The van der Waals surface area contributed by atoms with Crippen LogP contribution in [0.25, 0.3) is 0 Å². The van der Waals surface area contributed by atoms with Gasteiger partial charge >= 0.3 is 0 Å². The van der Waals surface area contributed by atoms with Crippen LogP contribution in [0.4, 0.5) is 11.4 Å². The minimum absolute atomic E-state index is 0.0873. The average molecular weight is 316 g/mol. The molecule has 7 nitrogen and oxygen atoms in total. The summed E-state index contributed by atoms with van der Waals surface area (Å²) in [7, 11) is 0. The van der Waals surface area contributed by atoms with E-state index in [1.807, 2.05) is 26.0 Å². The summed E-state index contributed by atoms with van der Waals surface area (Å²) in [4.78, 5) is 21.8. The number of aromatic hydroxyl groups is 1. The van der Waals surface area contributed by atoms with Crippen LogP contribution in [-0.4, -0.2) is 22.5 Å². The molecule has 1 amide bonds. The van der Waals surface area contributed by atoms with E-state index in [4.69, 9.17) is 4.74 Å². The lowest BCUT2D eigenvalue weighted by Crippen LogP contribution is -2.20. The fourth-order valence-electron chi connectivity index (χ4n) is 1.88. The van der Waals surface area contributed by atoms with E-state index in [2.05, 4.69) is 5.32 Å². The highest BCUT2D eigenvalue weighted by Crippen LogP contribution is 2.27. The number of amides is 1. The Labute approximate surface area is 132 Å². The van der Waals surface area contributed by atoms with Crippen LogP contribution in [0.5, 0.6) is 11.5 Å². The molecule has 0 aliphatic carbocycles. The Balaban J connectivity index is 1.97. The highest BCUT2D eigenvalue weighted by atomic mass is 16.6. The maximum atomic E-state index is 11.8. The molecule has 0 saturated heterocycles.